The Bertz CT molecular complexity index is 416. The molecule has 1 unspecified atom stereocenters. The lowest BCUT2D eigenvalue weighted by Crippen LogP contribution is -2.48. The van der Waals surface area contributed by atoms with Gasteiger partial charge in [0, 0.05) is 26.7 Å². The Hall–Kier alpha value is -1.46. The van der Waals surface area contributed by atoms with E-state index in [9.17, 15) is 9.18 Å². The van der Waals surface area contributed by atoms with Gasteiger partial charge in [0.15, 0.2) is 0 Å². The van der Waals surface area contributed by atoms with Crippen molar-refractivity contribution in [3.8, 4) is 0 Å². The quantitative estimate of drug-likeness (QED) is 0.877. The Balaban J connectivity index is 1.81. The van der Waals surface area contributed by atoms with Crippen molar-refractivity contribution in [2.75, 3.05) is 33.3 Å². The van der Waals surface area contributed by atoms with Crippen molar-refractivity contribution >= 4 is 5.91 Å². The molecule has 104 valence electrons. The molecule has 1 aliphatic rings. The summed E-state index contributed by atoms with van der Waals surface area (Å²) in [6.45, 7) is 2.54. The molecule has 0 aliphatic carbocycles. The molecular weight excluding hydrogens is 247 g/mol. The van der Waals surface area contributed by atoms with Gasteiger partial charge in [-0.25, -0.2) is 4.39 Å². The number of hydrogen-bond donors (Lipinski definition) is 1. The van der Waals surface area contributed by atoms with E-state index in [2.05, 4.69) is 5.32 Å². The molecule has 2 rings (SSSR count). The van der Waals surface area contributed by atoms with Gasteiger partial charge in [0.05, 0.1) is 6.61 Å². The third-order valence-electron chi connectivity index (χ3n) is 3.23. The molecule has 0 spiro atoms. The summed E-state index contributed by atoms with van der Waals surface area (Å²) in [6.07, 6.45) is 0.329. The highest BCUT2D eigenvalue weighted by Crippen LogP contribution is 2.06. The third-order valence-corrected chi connectivity index (χ3v) is 3.23. The summed E-state index contributed by atoms with van der Waals surface area (Å²) < 4.78 is 18.2. The Morgan fingerprint density at radius 2 is 2.21 bits per heavy atom. The van der Waals surface area contributed by atoms with E-state index in [-0.39, 0.29) is 17.8 Å². The number of rotatable bonds is 4. The van der Waals surface area contributed by atoms with Crippen LogP contribution < -0.4 is 5.32 Å². The SMILES string of the molecule is CN(CCc1ccc(F)cc1)C(=O)C1CNCCO1. The maximum Gasteiger partial charge on any atom is 0.252 e. The van der Waals surface area contributed by atoms with Crippen LogP contribution in [0, 0.1) is 5.82 Å². The molecule has 19 heavy (non-hydrogen) atoms. The second-order valence-corrected chi connectivity index (χ2v) is 4.70. The number of likely N-dealkylation sites (N-methyl/N-ethyl adjacent to an activating group) is 1. The standard InChI is InChI=1S/C14H19FN2O2/c1-17(14(18)13-10-16-7-9-19-13)8-6-11-2-4-12(15)5-3-11/h2-5,13,16H,6-10H2,1H3. The normalized spacial score (nSPS) is 19.2. The molecule has 1 aliphatic heterocycles. The van der Waals surface area contributed by atoms with E-state index >= 15 is 0 Å². The van der Waals surface area contributed by atoms with Gasteiger partial charge in [-0.1, -0.05) is 12.1 Å². The summed E-state index contributed by atoms with van der Waals surface area (Å²) in [5, 5.41) is 3.14. The van der Waals surface area contributed by atoms with Crippen molar-refractivity contribution in [3.63, 3.8) is 0 Å². The van der Waals surface area contributed by atoms with Crippen LogP contribution in [0.2, 0.25) is 0 Å². The summed E-state index contributed by atoms with van der Waals surface area (Å²) in [6, 6.07) is 6.36. The summed E-state index contributed by atoms with van der Waals surface area (Å²) in [5.74, 6) is -0.246. The molecule has 0 saturated carbocycles. The van der Waals surface area contributed by atoms with E-state index in [0.29, 0.717) is 26.1 Å². The van der Waals surface area contributed by atoms with Crippen LogP contribution in [0.1, 0.15) is 5.56 Å². The molecule has 1 fully saturated rings. The van der Waals surface area contributed by atoms with E-state index in [4.69, 9.17) is 4.74 Å². The molecule has 1 aromatic carbocycles. The molecule has 0 aromatic heterocycles. The van der Waals surface area contributed by atoms with Crippen molar-refractivity contribution in [1.29, 1.82) is 0 Å². The zero-order valence-electron chi connectivity index (χ0n) is 11.1. The number of halogens is 1. The Morgan fingerprint density at radius 3 is 2.84 bits per heavy atom. The van der Waals surface area contributed by atoms with Crippen LogP contribution >= 0.6 is 0 Å². The van der Waals surface area contributed by atoms with Crippen LogP contribution in [0.5, 0.6) is 0 Å². The minimum Gasteiger partial charge on any atom is -0.366 e. The first kappa shape index (κ1) is 14.0. The number of amides is 1. The van der Waals surface area contributed by atoms with Gasteiger partial charge in [-0.2, -0.15) is 0 Å². The summed E-state index contributed by atoms with van der Waals surface area (Å²) >= 11 is 0. The minimum absolute atomic E-state index is 0.00527. The molecule has 1 aromatic rings. The van der Waals surface area contributed by atoms with E-state index in [1.54, 1.807) is 24.1 Å². The molecule has 1 heterocycles. The molecule has 0 radical (unpaired) electrons. The van der Waals surface area contributed by atoms with Crippen LogP contribution in [0.15, 0.2) is 24.3 Å². The van der Waals surface area contributed by atoms with Crippen LogP contribution in [0.3, 0.4) is 0 Å². The van der Waals surface area contributed by atoms with Crippen LogP contribution in [-0.4, -0.2) is 50.2 Å². The monoisotopic (exact) mass is 266 g/mol. The van der Waals surface area contributed by atoms with Gasteiger partial charge in [0.2, 0.25) is 0 Å². The second kappa shape index (κ2) is 6.63. The molecule has 0 bridgehead atoms. The summed E-state index contributed by atoms with van der Waals surface area (Å²) in [5.41, 5.74) is 1.02. The fourth-order valence-electron chi connectivity index (χ4n) is 2.03. The van der Waals surface area contributed by atoms with Crippen LogP contribution in [0.4, 0.5) is 4.39 Å². The molecule has 5 heteroatoms. The highest BCUT2D eigenvalue weighted by molar-refractivity contribution is 5.81. The predicted octanol–water partition coefficient (Wildman–Crippen LogP) is 0.815. The largest absolute Gasteiger partial charge is 0.366 e. The summed E-state index contributed by atoms with van der Waals surface area (Å²) in [4.78, 5) is 13.7. The Morgan fingerprint density at radius 1 is 1.47 bits per heavy atom. The van der Waals surface area contributed by atoms with E-state index in [0.717, 1.165) is 12.1 Å². The lowest BCUT2D eigenvalue weighted by molar-refractivity contribution is -0.143. The Kier molecular flexibility index (Phi) is 4.87. The topological polar surface area (TPSA) is 41.6 Å². The number of morpholine rings is 1. The fourth-order valence-corrected chi connectivity index (χ4v) is 2.03. The highest BCUT2D eigenvalue weighted by Gasteiger charge is 2.24. The molecule has 1 N–H and O–H groups in total. The maximum absolute atomic E-state index is 12.8. The second-order valence-electron chi connectivity index (χ2n) is 4.70. The van der Waals surface area contributed by atoms with E-state index < -0.39 is 0 Å². The molecule has 4 nitrogen and oxygen atoms in total. The predicted molar refractivity (Wildman–Crippen MR) is 70.4 cm³/mol. The Labute approximate surface area is 112 Å². The van der Waals surface area contributed by atoms with Gasteiger partial charge >= 0.3 is 0 Å². The highest BCUT2D eigenvalue weighted by atomic mass is 19.1. The number of carbonyl (C=O) groups is 1. The van der Waals surface area contributed by atoms with E-state index in [1.165, 1.54) is 12.1 Å². The van der Waals surface area contributed by atoms with Crippen molar-refractivity contribution < 1.29 is 13.9 Å². The lowest BCUT2D eigenvalue weighted by Gasteiger charge is -2.27. The van der Waals surface area contributed by atoms with Gasteiger partial charge in [0.1, 0.15) is 11.9 Å². The average molecular weight is 266 g/mol. The molecule has 1 atom stereocenters. The van der Waals surface area contributed by atoms with Gasteiger partial charge in [-0.3, -0.25) is 4.79 Å². The van der Waals surface area contributed by atoms with Crippen molar-refractivity contribution in [3.05, 3.63) is 35.6 Å². The number of hydrogen-bond acceptors (Lipinski definition) is 3. The number of benzene rings is 1. The van der Waals surface area contributed by atoms with Gasteiger partial charge < -0.3 is 15.0 Å². The van der Waals surface area contributed by atoms with Crippen LogP contribution in [-0.2, 0) is 16.0 Å². The smallest absolute Gasteiger partial charge is 0.252 e. The van der Waals surface area contributed by atoms with Gasteiger partial charge in [0.25, 0.3) is 5.91 Å². The zero-order chi connectivity index (χ0) is 13.7. The first-order valence-electron chi connectivity index (χ1n) is 6.48. The summed E-state index contributed by atoms with van der Waals surface area (Å²) in [7, 11) is 1.77. The number of nitrogens with one attached hydrogen (secondary N) is 1. The van der Waals surface area contributed by atoms with Gasteiger partial charge in [-0.05, 0) is 24.1 Å². The number of carbonyl (C=O) groups excluding carboxylic acids is 1. The first-order chi connectivity index (χ1) is 9.16. The van der Waals surface area contributed by atoms with E-state index in [1.807, 2.05) is 0 Å². The van der Waals surface area contributed by atoms with Crippen molar-refractivity contribution in [2.45, 2.75) is 12.5 Å². The van der Waals surface area contributed by atoms with Crippen molar-refractivity contribution in [1.82, 2.24) is 10.2 Å². The maximum atomic E-state index is 12.8. The minimum atomic E-state index is -0.382. The third kappa shape index (κ3) is 4.01. The first-order valence-corrected chi connectivity index (χ1v) is 6.48. The average Bonchev–Trinajstić information content (AvgIpc) is 2.46. The lowest BCUT2D eigenvalue weighted by atomic mass is 10.1. The number of ether oxygens (including phenoxy) is 1. The molecular formula is C14H19FN2O2. The number of nitrogens with zero attached hydrogens (tertiary/aromatic N) is 1. The molecule has 1 amide bonds. The van der Waals surface area contributed by atoms with Gasteiger partial charge in [-0.15, -0.1) is 0 Å². The zero-order valence-corrected chi connectivity index (χ0v) is 11.1. The fraction of sp³-hybridized carbons (Fsp3) is 0.500. The van der Waals surface area contributed by atoms with Crippen molar-refractivity contribution in [2.24, 2.45) is 0 Å². The molecule has 1 saturated heterocycles. The van der Waals surface area contributed by atoms with Crippen LogP contribution in [0.25, 0.3) is 0 Å².